The molecular formula is C19H31N3O2. The van der Waals surface area contributed by atoms with Gasteiger partial charge in [-0.1, -0.05) is 12.1 Å². The number of nitrogens with zero attached hydrogens (tertiary/aromatic N) is 2. The standard InChI is InChI=1S/C19H31N3O2/c1-19(2,3)24-18(23)21(4)12-13-22-10-8-15(9-11-22)16-6-5-7-17(20)14-16/h5-7,14-15H,8-13,20H2,1-4H3. The van der Waals surface area contributed by atoms with Gasteiger partial charge in [-0.2, -0.15) is 0 Å². The molecule has 2 rings (SSSR count). The van der Waals surface area contributed by atoms with Gasteiger partial charge in [0.05, 0.1) is 0 Å². The molecule has 1 fully saturated rings. The van der Waals surface area contributed by atoms with Crippen LogP contribution in [0.2, 0.25) is 0 Å². The maximum atomic E-state index is 12.0. The van der Waals surface area contributed by atoms with Crippen LogP contribution in [-0.4, -0.2) is 54.7 Å². The molecule has 1 saturated heterocycles. The summed E-state index contributed by atoms with van der Waals surface area (Å²) in [6.45, 7) is 9.36. The Morgan fingerprint density at radius 1 is 1.33 bits per heavy atom. The van der Waals surface area contributed by atoms with Crippen LogP contribution in [-0.2, 0) is 4.74 Å². The summed E-state index contributed by atoms with van der Waals surface area (Å²) >= 11 is 0. The summed E-state index contributed by atoms with van der Waals surface area (Å²) < 4.78 is 5.38. The Kier molecular flexibility index (Phi) is 6.10. The number of anilines is 1. The van der Waals surface area contributed by atoms with E-state index in [-0.39, 0.29) is 6.09 Å². The molecule has 134 valence electrons. The maximum Gasteiger partial charge on any atom is 0.410 e. The van der Waals surface area contributed by atoms with Gasteiger partial charge < -0.3 is 20.3 Å². The van der Waals surface area contributed by atoms with Crippen molar-refractivity contribution in [3.8, 4) is 0 Å². The van der Waals surface area contributed by atoms with Gasteiger partial charge in [0.15, 0.2) is 0 Å². The first-order chi connectivity index (χ1) is 11.2. The molecule has 0 spiro atoms. The minimum atomic E-state index is -0.443. The minimum Gasteiger partial charge on any atom is -0.444 e. The zero-order chi connectivity index (χ0) is 17.7. The molecule has 5 heteroatoms. The van der Waals surface area contributed by atoms with Crippen molar-refractivity contribution < 1.29 is 9.53 Å². The first kappa shape index (κ1) is 18.6. The van der Waals surface area contributed by atoms with Gasteiger partial charge in [0.2, 0.25) is 0 Å². The summed E-state index contributed by atoms with van der Waals surface area (Å²) in [5.74, 6) is 0.591. The second-order valence-electron chi connectivity index (χ2n) is 7.69. The number of carbonyl (C=O) groups is 1. The van der Waals surface area contributed by atoms with Crippen LogP contribution in [0, 0.1) is 0 Å². The number of carbonyl (C=O) groups excluding carboxylic acids is 1. The maximum absolute atomic E-state index is 12.0. The molecule has 0 aliphatic carbocycles. The SMILES string of the molecule is CN(CCN1CCC(c2cccc(N)c2)CC1)C(=O)OC(C)(C)C. The van der Waals surface area contributed by atoms with E-state index in [1.807, 2.05) is 32.9 Å². The minimum absolute atomic E-state index is 0.253. The Balaban J connectivity index is 1.74. The molecule has 5 nitrogen and oxygen atoms in total. The number of amides is 1. The molecule has 0 bridgehead atoms. The van der Waals surface area contributed by atoms with Crippen LogP contribution < -0.4 is 5.73 Å². The number of likely N-dealkylation sites (N-methyl/N-ethyl adjacent to an activating group) is 1. The van der Waals surface area contributed by atoms with Gasteiger partial charge in [-0.25, -0.2) is 4.79 Å². The van der Waals surface area contributed by atoms with E-state index in [4.69, 9.17) is 10.5 Å². The fourth-order valence-corrected chi connectivity index (χ4v) is 3.03. The highest BCUT2D eigenvalue weighted by Gasteiger charge is 2.23. The Hall–Kier alpha value is -1.75. The molecule has 24 heavy (non-hydrogen) atoms. The largest absolute Gasteiger partial charge is 0.444 e. The molecule has 1 aromatic rings. The van der Waals surface area contributed by atoms with Crippen molar-refractivity contribution in [2.75, 3.05) is 39.0 Å². The third-order valence-electron chi connectivity index (χ3n) is 4.43. The molecule has 0 radical (unpaired) electrons. The van der Waals surface area contributed by atoms with E-state index in [0.717, 1.165) is 38.2 Å². The third-order valence-corrected chi connectivity index (χ3v) is 4.43. The molecule has 2 N–H and O–H groups in total. The Bertz CT molecular complexity index is 546. The number of ether oxygens (including phenoxy) is 1. The summed E-state index contributed by atoms with van der Waals surface area (Å²) in [4.78, 5) is 16.1. The first-order valence-electron chi connectivity index (χ1n) is 8.76. The molecule has 1 aromatic carbocycles. The van der Waals surface area contributed by atoms with Crippen molar-refractivity contribution in [3.05, 3.63) is 29.8 Å². The topological polar surface area (TPSA) is 58.8 Å². The highest BCUT2D eigenvalue weighted by molar-refractivity contribution is 5.67. The van der Waals surface area contributed by atoms with Crippen molar-refractivity contribution in [2.24, 2.45) is 0 Å². The first-order valence-corrected chi connectivity index (χ1v) is 8.76. The lowest BCUT2D eigenvalue weighted by atomic mass is 9.89. The van der Waals surface area contributed by atoms with E-state index in [2.05, 4.69) is 17.0 Å². The van der Waals surface area contributed by atoms with Gasteiger partial charge in [-0.15, -0.1) is 0 Å². The molecular weight excluding hydrogens is 302 g/mol. The molecule has 1 amide bonds. The van der Waals surface area contributed by atoms with Gasteiger partial charge in [-0.05, 0) is 70.3 Å². The van der Waals surface area contributed by atoms with E-state index < -0.39 is 5.60 Å². The van der Waals surface area contributed by atoms with E-state index in [1.165, 1.54) is 5.56 Å². The Morgan fingerprint density at radius 3 is 2.58 bits per heavy atom. The summed E-state index contributed by atoms with van der Waals surface area (Å²) in [6, 6.07) is 8.24. The van der Waals surface area contributed by atoms with Crippen LogP contribution in [0.4, 0.5) is 10.5 Å². The summed E-state index contributed by atoms with van der Waals surface area (Å²) in [7, 11) is 1.80. The van der Waals surface area contributed by atoms with Crippen LogP contribution in [0.25, 0.3) is 0 Å². The van der Waals surface area contributed by atoms with E-state index >= 15 is 0 Å². The molecule has 0 saturated carbocycles. The van der Waals surface area contributed by atoms with Gasteiger partial charge in [-0.3, -0.25) is 0 Å². The number of hydrogen-bond donors (Lipinski definition) is 1. The summed E-state index contributed by atoms with van der Waals surface area (Å²) in [5.41, 5.74) is 7.63. The van der Waals surface area contributed by atoms with Gasteiger partial charge in [0.1, 0.15) is 5.60 Å². The van der Waals surface area contributed by atoms with Crippen LogP contribution in [0.1, 0.15) is 45.1 Å². The second-order valence-corrected chi connectivity index (χ2v) is 7.69. The number of hydrogen-bond acceptors (Lipinski definition) is 4. The number of rotatable bonds is 4. The lowest BCUT2D eigenvalue weighted by Gasteiger charge is -2.33. The number of benzene rings is 1. The third kappa shape index (κ3) is 5.71. The second kappa shape index (κ2) is 7.88. The van der Waals surface area contributed by atoms with Crippen LogP contribution >= 0.6 is 0 Å². The zero-order valence-electron chi connectivity index (χ0n) is 15.4. The molecule has 1 heterocycles. The normalized spacial score (nSPS) is 16.8. The molecule has 1 aliphatic heterocycles. The summed E-state index contributed by atoms with van der Waals surface area (Å²) in [6.07, 6.45) is 2.02. The zero-order valence-corrected chi connectivity index (χ0v) is 15.4. The van der Waals surface area contributed by atoms with Gasteiger partial charge >= 0.3 is 6.09 Å². The molecule has 0 aromatic heterocycles. The van der Waals surface area contributed by atoms with Crippen LogP contribution in [0.15, 0.2) is 24.3 Å². The lowest BCUT2D eigenvalue weighted by molar-refractivity contribution is 0.0278. The fraction of sp³-hybridized carbons (Fsp3) is 0.632. The van der Waals surface area contributed by atoms with Crippen molar-refractivity contribution in [3.63, 3.8) is 0 Å². The fourth-order valence-electron chi connectivity index (χ4n) is 3.03. The quantitative estimate of drug-likeness (QED) is 0.859. The Morgan fingerprint density at radius 2 is 2.00 bits per heavy atom. The van der Waals surface area contributed by atoms with E-state index in [0.29, 0.717) is 12.5 Å². The van der Waals surface area contributed by atoms with Crippen molar-refractivity contribution in [1.82, 2.24) is 9.80 Å². The van der Waals surface area contributed by atoms with Crippen LogP contribution in [0.3, 0.4) is 0 Å². The van der Waals surface area contributed by atoms with E-state index in [9.17, 15) is 4.79 Å². The van der Waals surface area contributed by atoms with Crippen LogP contribution in [0.5, 0.6) is 0 Å². The highest BCUT2D eigenvalue weighted by atomic mass is 16.6. The molecule has 0 unspecified atom stereocenters. The molecule has 0 atom stereocenters. The van der Waals surface area contributed by atoms with Gasteiger partial charge in [0.25, 0.3) is 0 Å². The Labute approximate surface area is 145 Å². The van der Waals surface area contributed by atoms with Crippen molar-refractivity contribution in [2.45, 2.75) is 45.1 Å². The summed E-state index contributed by atoms with van der Waals surface area (Å²) in [5, 5.41) is 0. The number of nitrogen functional groups attached to an aromatic ring is 1. The predicted molar refractivity (Wildman–Crippen MR) is 98.1 cm³/mol. The van der Waals surface area contributed by atoms with Crippen molar-refractivity contribution in [1.29, 1.82) is 0 Å². The van der Waals surface area contributed by atoms with Crippen molar-refractivity contribution >= 4 is 11.8 Å². The lowest BCUT2D eigenvalue weighted by Crippen LogP contribution is -2.41. The average molecular weight is 333 g/mol. The molecule has 1 aliphatic rings. The smallest absolute Gasteiger partial charge is 0.410 e. The number of piperidine rings is 1. The number of nitrogens with two attached hydrogens (primary N) is 1. The monoisotopic (exact) mass is 333 g/mol. The highest BCUT2D eigenvalue weighted by Crippen LogP contribution is 2.28. The van der Waals surface area contributed by atoms with Gasteiger partial charge in [0, 0.05) is 25.8 Å². The average Bonchev–Trinajstić information content (AvgIpc) is 2.51. The number of likely N-dealkylation sites (tertiary alicyclic amines) is 1. The van der Waals surface area contributed by atoms with E-state index in [1.54, 1.807) is 11.9 Å². The predicted octanol–water partition coefficient (Wildman–Crippen LogP) is 3.32.